The summed E-state index contributed by atoms with van der Waals surface area (Å²) < 4.78 is 13.2. The van der Waals surface area contributed by atoms with Crippen molar-refractivity contribution in [1.82, 2.24) is 4.90 Å². The van der Waals surface area contributed by atoms with E-state index in [4.69, 9.17) is 0 Å². The Bertz CT molecular complexity index is 462. The normalized spacial score (nSPS) is 29.3. The molecule has 0 aromatic heterocycles. The topological polar surface area (TPSA) is 23.5 Å². The van der Waals surface area contributed by atoms with Crippen LogP contribution in [0.5, 0.6) is 5.75 Å². The van der Waals surface area contributed by atoms with Gasteiger partial charge in [0, 0.05) is 18.7 Å². The maximum Gasteiger partial charge on any atom is 0.123 e. The van der Waals surface area contributed by atoms with Crippen molar-refractivity contribution >= 4 is 0 Å². The third-order valence-electron chi connectivity index (χ3n) is 4.91. The molecule has 2 saturated carbocycles. The van der Waals surface area contributed by atoms with Crippen molar-refractivity contribution in [1.29, 1.82) is 0 Å². The fourth-order valence-electron chi connectivity index (χ4n) is 4.04. The van der Waals surface area contributed by atoms with Crippen LogP contribution in [0.3, 0.4) is 0 Å². The number of fused-ring (bicyclic) bond motifs is 2. The molecule has 1 N–H and O–H groups in total. The molecular formula is C16H22FNO. The van der Waals surface area contributed by atoms with Crippen LogP contribution in [0, 0.1) is 23.6 Å². The largest absolute Gasteiger partial charge is 0.508 e. The molecule has 2 aliphatic carbocycles. The zero-order valence-electron chi connectivity index (χ0n) is 11.5. The summed E-state index contributed by atoms with van der Waals surface area (Å²) in [6.45, 7) is 1.69. The summed E-state index contributed by atoms with van der Waals surface area (Å²) >= 11 is 0. The van der Waals surface area contributed by atoms with Crippen LogP contribution < -0.4 is 0 Å². The predicted octanol–water partition coefficient (Wildman–Crippen LogP) is 3.40. The van der Waals surface area contributed by atoms with Crippen molar-refractivity contribution in [3.05, 3.63) is 29.6 Å². The molecule has 0 amide bonds. The van der Waals surface area contributed by atoms with Gasteiger partial charge in [0.15, 0.2) is 0 Å². The van der Waals surface area contributed by atoms with Gasteiger partial charge in [-0.25, -0.2) is 4.39 Å². The van der Waals surface area contributed by atoms with Gasteiger partial charge in [-0.15, -0.1) is 0 Å². The van der Waals surface area contributed by atoms with Crippen molar-refractivity contribution in [2.45, 2.75) is 32.2 Å². The molecule has 2 fully saturated rings. The van der Waals surface area contributed by atoms with Crippen LogP contribution in [0.25, 0.3) is 0 Å². The second kappa shape index (κ2) is 5.12. The van der Waals surface area contributed by atoms with Crippen LogP contribution in [-0.2, 0) is 6.54 Å². The van der Waals surface area contributed by atoms with E-state index in [1.807, 2.05) is 0 Å². The van der Waals surface area contributed by atoms with E-state index in [1.165, 1.54) is 43.9 Å². The number of phenols is 1. The van der Waals surface area contributed by atoms with Crippen LogP contribution in [0.1, 0.15) is 31.2 Å². The summed E-state index contributed by atoms with van der Waals surface area (Å²) in [5, 5.41) is 9.76. The molecule has 3 unspecified atom stereocenters. The molecule has 104 valence electrons. The Kier molecular flexibility index (Phi) is 3.48. The molecule has 2 aliphatic rings. The Morgan fingerprint density at radius 2 is 2.16 bits per heavy atom. The zero-order valence-corrected chi connectivity index (χ0v) is 11.5. The lowest BCUT2D eigenvalue weighted by atomic mass is 9.88. The molecular weight excluding hydrogens is 241 g/mol. The molecule has 2 nitrogen and oxygen atoms in total. The molecule has 1 aromatic carbocycles. The van der Waals surface area contributed by atoms with Crippen molar-refractivity contribution in [2.24, 2.45) is 17.8 Å². The number of benzene rings is 1. The second-order valence-corrected chi connectivity index (χ2v) is 6.40. The number of rotatable bonds is 4. The monoisotopic (exact) mass is 263 g/mol. The van der Waals surface area contributed by atoms with Crippen LogP contribution >= 0.6 is 0 Å². The fraction of sp³-hybridized carbons (Fsp3) is 0.625. The van der Waals surface area contributed by atoms with Crippen molar-refractivity contribution in [3.63, 3.8) is 0 Å². The molecule has 3 heteroatoms. The van der Waals surface area contributed by atoms with Gasteiger partial charge in [0.2, 0.25) is 0 Å². The Balaban J connectivity index is 1.59. The van der Waals surface area contributed by atoms with E-state index >= 15 is 0 Å². The Morgan fingerprint density at radius 3 is 2.84 bits per heavy atom. The maximum atomic E-state index is 13.2. The standard InChI is InChI=1S/C16H22FNO/c1-18(9-13-7-11-2-3-12(13)6-11)10-14-8-15(17)4-5-16(14)19/h4-5,8,11-13,19H,2-3,6-7,9-10H2,1H3. The van der Waals surface area contributed by atoms with Gasteiger partial charge < -0.3 is 10.0 Å². The summed E-state index contributed by atoms with van der Waals surface area (Å²) in [5.41, 5.74) is 0.686. The summed E-state index contributed by atoms with van der Waals surface area (Å²) in [6.07, 6.45) is 5.61. The highest BCUT2D eigenvalue weighted by Gasteiger charge is 2.39. The number of aromatic hydroxyl groups is 1. The number of nitrogens with zero attached hydrogens (tertiary/aromatic N) is 1. The zero-order chi connectivity index (χ0) is 13.4. The molecule has 3 atom stereocenters. The molecule has 0 radical (unpaired) electrons. The minimum atomic E-state index is -0.277. The van der Waals surface area contributed by atoms with Gasteiger partial charge in [-0.05, 0) is 62.3 Å². The number of hydrogen-bond acceptors (Lipinski definition) is 2. The van der Waals surface area contributed by atoms with E-state index in [2.05, 4.69) is 11.9 Å². The SMILES string of the molecule is CN(Cc1cc(F)ccc1O)CC1CC2CCC1C2. The number of halogens is 1. The van der Waals surface area contributed by atoms with E-state index in [9.17, 15) is 9.50 Å². The highest BCUT2D eigenvalue weighted by Crippen LogP contribution is 2.48. The molecule has 3 rings (SSSR count). The van der Waals surface area contributed by atoms with E-state index < -0.39 is 0 Å². The Labute approximate surface area is 114 Å². The van der Waals surface area contributed by atoms with Crippen LogP contribution in [0.4, 0.5) is 4.39 Å². The van der Waals surface area contributed by atoms with Gasteiger partial charge in [-0.3, -0.25) is 0 Å². The van der Waals surface area contributed by atoms with Gasteiger partial charge in [-0.2, -0.15) is 0 Å². The van der Waals surface area contributed by atoms with Crippen LogP contribution in [-0.4, -0.2) is 23.6 Å². The first kappa shape index (κ1) is 12.9. The number of hydrogen-bond donors (Lipinski definition) is 1. The van der Waals surface area contributed by atoms with E-state index in [0.717, 1.165) is 24.3 Å². The van der Waals surface area contributed by atoms with Crippen LogP contribution in [0.15, 0.2) is 18.2 Å². The van der Waals surface area contributed by atoms with Crippen molar-refractivity contribution in [3.8, 4) is 5.75 Å². The smallest absolute Gasteiger partial charge is 0.123 e. The van der Waals surface area contributed by atoms with Gasteiger partial charge in [-0.1, -0.05) is 6.42 Å². The molecule has 0 spiro atoms. The van der Waals surface area contributed by atoms with E-state index in [-0.39, 0.29) is 11.6 Å². The minimum Gasteiger partial charge on any atom is -0.508 e. The summed E-state index contributed by atoms with van der Waals surface area (Å²) in [6, 6.07) is 4.18. The summed E-state index contributed by atoms with van der Waals surface area (Å²) in [7, 11) is 2.07. The minimum absolute atomic E-state index is 0.196. The lowest BCUT2D eigenvalue weighted by molar-refractivity contribution is 0.213. The van der Waals surface area contributed by atoms with Crippen LogP contribution in [0.2, 0.25) is 0 Å². The molecule has 0 aliphatic heterocycles. The Hall–Kier alpha value is -1.09. The molecule has 19 heavy (non-hydrogen) atoms. The van der Waals surface area contributed by atoms with Gasteiger partial charge in [0.05, 0.1) is 0 Å². The lowest BCUT2D eigenvalue weighted by Crippen LogP contribution is -2.28. The molecule has 0 heterocycles. The fourth-order valence-corrected chi connectivity index (χ4v) is 4.04. The molecule has 1 aromatic rings. The first-order valence-electron chi connectivity index (χ1n) is 7.27. The highest BCUT2D eigenvalue weighted by atomic mass is 19.1. The Morgan fingerprint density at radius 1 is 1.32 bits per heavy atom. The quantitative estimate of drug-likeness (QED) is 0.900. The predicted molar refractivity (Wildman–Crippen MR) is 73.3 cm³/mol. The van der Waals surface area contributed by atoms with Crippen molar-refractivity contribution < 1.29 is 9.50 Å². The summed E-state index contributed by atoms with van der Waals surface area (Å²) in [5.74, 6) is 2.60. The first-order valence-corrected chi connectivity index (χ1v) is 7.27. The second-order valence-electron chi connectivity index (χ2n) is 6.40. The highest BCUT2D eigenvalue weighted by molar-refractivity contribution is 5.32. The average molecular weight is 263 g/mol. The average Bonchev–Trinajstić information content (AvgIpc) is 2.96. The van der Waals surface area contributed by atoms with Crippen molar-refractivity contribution in [2.75, 3.05) is 13.6 Å². The van der Waals surface area contributed by atoms with Gasteiger partial charge >= 0.3 is 0 Å². The first-order chi connectivity index (χ1) is 9.11. The van der Waals surface area contributed by atoms with E-state index in [1.54, 1.807) is 0 Å². The third kappa shape index (κ3) is 2.76. The van der Waals surface area contributed by atoms with E-state index in [0.29, 0.717) is 12.1 Å². The maximum absolute atomic E-state index is 13.2. The summed E-state index contributed by atoms with van der Waals surface area (Å²) in [4.78, 5) is 2.22. The third-order valence-corrected chi connectivity index (χ3v) is 4.91. The lowest BCUT2D eigenvalue weighted by Gasteiger charge is -2.27. The van der Waals surface area contributed by atoms with Gasteiger partial charge in [0.25, 0.3) is 0 Å². The molecule has 2 bridgehead atoms. The van der Waals surface area contributed by atoms with Gasteiger partial charge in [0.1, 0.15) is 11.6 Å². The molecule has 0 saturated heterocycles. The number of phenolic OH excluding ortho intramolecular Hbond substituents is 1.